The largest absolute Gasteiger partial charge is 0.465 e. The van der Waals surface area contributed by atoms with Gasteiger partial charge in [0, 0.05) is 36.9 Å². The van der Waals surface area contributed by atoms with Crippen LogP contribution in [0.4, 0.5) is 18.0 Å². The zero-order chi connectivity index (χ0) is 28.3. The number of likely N-dealkylation sites (tertiary alicyclic amines) is 2. The van der Waals surface area contributed by atoms with Gasteiger partial charge in [-0.3, -0.25) is 9.78 Å². The van der Waals surface area contributed by atoms with Gasteiger partial charge in [0.2, 0.25) is 0 Å². The number of nitrogens with one attached hydrogen (secondary N) is 1. The maximum absolute atomic E-state index is 13.7. The van der Waals surface area contributed by atoms with Crippen LogP contribution in [0.1, 0.15) is 27.9 Å². The summed E-state index contributed by atoms with van der Waals surface area (Å²) in [6, 6.07) is 9.08. The zero-order valence-corrected chi connectivity index (χ0v) is 21.4. The third-order valence-electron chi connectivity index (χ3n) is 7.73. The average Bonchev–Trinajstić information content (AvgIpc) is 3.20. The molecule has 14 heteroatoms. The SMILES string of the molecule is CS(=O)(=O)C1N(C(=O)c2ccc3[nH]c(=O)oc3c2)CC12CCN(C(=O)O)CC2Cc1ccccc1C(F)(F)F. The number of oxazole rings is 1. The first-order chi connectivity index (χ1) is 18.2. The van der Waals surface area contributed by atoms with Gasteiger partial charge in [-0.25, -0.2) is 18.0 Å². The monoisotopic (exact) mass is 567 g/mol. The van der Waals surface area contributed by atoms with E-state index >= 15 is 0 Å². The molecule has 0 saturated carbocycles. The molecule has 2 aliphatic heterocycles. The lowest BCUT2D eigenvalue weighted by Gasteiger charge is -2.62. The molecule has 0 bridgehead atoms. The van der Waals surface area contributed by atoms with Crippen molar-refractivity contribution in [3.05, 3.63) is 69.7 Å². The molecule has 2 aliphatic rings. The van der Waals surface area contributed by atoms with Gasteiger partial charge < -0.3 is 19.3 Å². The number of fused-ring (bicyclic) bond motifs is 1. The summed E-state index contributed by atoms with van der Waals surface area (Å²) < 4.78 is 72.5. The summed E-state index contributed by atoms with van der Waals surface area (Å²) in [4.78, 5) is 41.4. The van der Waals surface area contributed by atoms with Gasteiger partial charge in [-0.05, 0) is 48.6 Å². The van der Waals surface area contributed by atoms with Crippen molar-refractivity contribution in [1.82, 2.24) is 14.8 Å². The molecule has 2 amide bonds. The standard InChI is InChI=1S/C25H24F3N3O7S/c1-39(36,37)21-24(13-31(21)20(32)15-6-7-18-19(11-15)38-22(33)29-18)8-9-30(23(34)35)12-16(24)10-14-4-2-3-5-17(14)25(26,27)28/h2-7,11,16,21H,8-10,12-13H2,1H3,(H,29,33)(H,34,35). The fourth-order valence-corrected chi connectivity index (χ4v) is 7.93. The van der Waals surface area contributed by atoms with Crippen molar-refractivity contribution in [2.24, 2.45) is 11.3 Å². The molecule has 3 unspecified atom stereocenters. The Morgan fingerprint density at radius 1 is 1.21 bits per heavy atom. The number of aromatic nitrogens is 1. The van der Waals surface area contributed by atoms with Crippen molar-refractivity contribution in [3.63, 3.8) is 0 Å². The number of carbonyl (C=O) groups is 2. The summed E-state index contributed by atoms with van der Waals surface area (Å²) in [6.45, 7) is -0.303. The minimum Gasteiger partial charge on any atom is -0.465 e. The number of rotatable bonds is 4. The van der Waals surface area contributed by atoms with Gasteiger partial charge in [0.05, 0.1) is 11.1 Å². The van der Waals surface area contributed by atoms with Gasteiger partial charge in [-0.1, -0.05) is 18.2 Å². The molecule has 2 saturated heterocycles. The third kappa shape index (κ3) is 4.66. The van der Waals surface area contributed by atoms with Crippen LogP contribution in [-0.4, -0.2) is 71.6 Å². The number of alkyl halides is 3. The highest BCUT2D eigenvalue weighted by Crippen LogP contribution is 2.53. The van der Waals surface area contributed by atoms with Crippen molar-refractivity contribution in [1.29, 1.82) is 0 Å². The van der Waals surface area contributed by atoms with Crippen molar-refractivity contribution >= 4 is 32.9 Å². The van der Waals surface area contributed by atoms with Crippen LogP contribution in [0.3, 0.4) is 0 Å². The minimum absolute atomic E-state index is 0.0265. The molecule has 10 nitrogen and oxygen atoms in total. The predicted octanol–water partition coefficient (Wildman–Crippen LogP) is 3.20. The Kier molecular flexibility index (Phi) is 6.28. The van der Waals surface area contributed by atoms with Crippen LogP contribution >= 0.6 is 0 Å². The van der Waals surface area contributed by atoms with E-state index in [1.807, 2.05) is 0 Å². The lowest BCUT2D eigenvalue weighted by atomic mass is 9.62. The summed E-state index contributed by atoms with van der Waals surface area (Å²) in [7, 11) is -3.98. The number of hydrogen-bond acceptors (Lipinski definition) is 6. The number of sulfone groups is 1. The van der Waals surface area contributed by atoms with E-state index in [4.69, 9.17) is 4.42 Å². The number of carboxylic acid groups (broad SMARTS) is 1. The Hall–Kier alpha value is -3.81. The molecule has 208 valence electrons. The lowest BCUT2D eigenvalue weighted by Crippen LogP contribution is -2.74. The lowest BCUT2D eigenvalue weighted by molar-refractivity contribution is -0.138. The highest BCUT2D eigenvalue weighted by Gasteiger charge is 2.64. The van der Waals surface area contributed by atoms with E-state index in [0.29, 0.717) is 5.52 Å². The smallest absolute Gasteiger partial charge is 0.417 e. The molecule has 2 fully saturated rings. The molecule has 2 N–H and O–H groups in total. The third-order valence-corrected chi connectivity index (χ3v) is 9.27. The summed E-state index contributed by atoms with van der Waals surface area (Å²) in [5.41, 5.74) is -1.60. The van der Waals surface area contributed by atoms with Crippen LogP contribution in [0.25, 0.3) is 11.1 Å². The number of amides is 2. The molecule has 2 aromatic carbocycles. The predicted molar refractivity (Wildman–Crippen MR) is 132 cm³/mol. The summed E-state index contributed by atoms with van der Waals surface area (Å²) in [5, 5.41) is 8.22. The van der Waals surface area contributed by atoms with E-state index in [9.17, 15) is 41.1 Å². The van der Waals surface area contributed by atoms with Gasteiger partial charge in [0.25, 0.3) is 5.91 Å². The Labute approximate surface area is 219 Å². The first-order valence-corrected chi connectivity index (χ1v) is 13.9. The van der Waals surface area contributed by atoms with Gasteiger partial charge in [0.15, 0.2) is 15.4 Å². The second-order valence-electron chi connectivity index (χ2n) is 10.1. The van der Waals surface area contributed by atoms with E-state index in [2.05, 4.69) is 4.98 Å². The number of carbonyl (C=O) groups excluding carboxylic acids is 1. The summed E-state index contributed by atoms with van der Waals surface area (Å²) in [6.07, 6.45) is -5.14. The number of H-pyrrole nitrogens is 1. The maximum atomic E-state index is 13.7. The number of halogens is 3. The molecule has 0 aliphatic carbocycles. The molecule has 3 heterocycles. The highest BCUT2D eigenvalue weighted by molar-refractivity contribution is 7.91. The van der Waals surface area contributed by atoms with E-state index < -0.39 is 56.0 Å². The zero-order valence-electron chi connectivity index (χ0n) is 20.6. The molecule has 3 aromatic rings. The van der Waals surface area contributed by atoms with E-state index in [1.165, 1.54) is 36.4 Å². The van der Waals surface area contributed by atoms with Crippen LogP contribution in [-0.2, 0) is 22.4 Å². The van der Waals surface area contributed by atoms with Gasteiger partial charge in [0.1, 0.15) is 5.37 Å². The van der Waals surface area contributed by atoms with Gasteiger partial charge >= 0.3 is 18.0 Å². The van der Waals surface area contributed by atoms with Crippen LogP contribution < -0.4 is 5.76 Å². The van der Waals surface area contributed by atoms with Crippen molar-refractivity contribution in [2.75, 3.05) is 25.9 Å². The molecule has 3 atom stereocenters. The molecule has 39 heavy (non-hydrogen) atoms. The minimum atomic E-state index is -4.66. The normalized spacial score (nSPS) is 23.7. The number of piperidine rings is 1. The highest BCUT2D eigenvalue weighted by atomic mass is 32.2. The molecule has 1 aromatic heterocycles. The first kappa shape index (κ1) is 26.8. The Morgan fingerprint density at radius 3 is 2.59 bits per heavy atom. The first-order valence-electron chi connectivity index (χ1n) is 12.0. The van der Waals surface area contributed by atoms with E-state index in [1.54, 1.807) is 0 Å². The second kappa shape index (κ2) is 9.14. The molecule has 0 radical (unpaired) electrons. The second-order valence-corrected chi connectivity index (χ2v) is 12.2. The van der Waals surface area contributed by atoms with Crippen LogP contribution in [0.5, 0.6) is 0 Å². The molecular formula is C25H24F3N3O7S. The Morgan fingerprint density at radius 2 is 1.92 bits per heavy atom. The fraction of sp³-hybridized carbons (Fsp3) is 0.400. The average molecular weight is 568 g/mol. The number of hydrogen-bond donors (Lipinski definition) is 2. The Balaban J connectivity index is 1.53. The van der Waals surface area contributed by atoms with Gasteiger partial charge in [-0.15, -0.1) is 0 Å². The summed E-state index contributed by atoms with van der Waals surface area (Å²) >= 11 is 0. The number of benzene rings is 2. The number of nitrogens with zero attached hydrogens (tertiary/aromatic N) is 2. The van der Waals surface area contributed by atoms with E-state index in [0.717, 1.165) is 22.1 Å². The van der Waals surface area contributed by atoms with Crippen LogP contribution in [0.15, 0.2) is 51.7 Å². The van der Waals surface area contributed by atoms with E-state index in [-0.39, 0.29) is 49.2 Å². The van der Waals surface area contributed by atoms with Crippen molar-refractivity contribution in [2.45, 2.75) is 24.4 Å². The Bertz CT molecular complexity index is 1630. The van der Waals surface area contributed by atoms with Gasteiger partial charge in [-0.2, -0.15) is 13.2 Å². The topological polar surface area (TPSA) is 141 Å². The fourth-order valence-electron chi connectivity index (χ4n) is 6.06. The summed E-state index contributed by atoms with van der Waals surface area (Å²) in [5.74, 6) is -2.20. The quantitative estimate of drug-likeness (QED) is 0.493. The van der Waals surface area contributed by atoms with Crippen molar-refractivity contribution in [3.8, 4) is 0 Å². The van der Waals surface area contributed by atoms with Crippen molar-refractivity contribution < 1.29 is 40.7 Å². The van der Waals surface area contributed by atoms with Crippen LogP contribution in [0, 0.1) is 11.3 Å². The molecular weight excluding hydrogens is 543 g/mol. The molecule has 1 spiro atoms. The maximum Gasteiger partial charge on any atom is 0.417 e. The molecule has 5 rings (SSSR count). The number of aromatic amines is 1. The van der Waals surface area contributed by atoms with Crippen LogP contribution in [0.2, 0.25) is 0 Å².